The summed E-state index contributed by atoms with van der Waals surface area (Å²) in [5.74, 6) is 0.131. The normalized spacial score (nSPS) is 15.0. The van der Waals surface area contributed by atoms with E-state index in [1.54, 1.807) is 29.2 Å². The molecule has 0 saturated carbocycles. The van der Waals surface area contributed by atoms with E-state index >= 15 is 0 Å². The van der Waals surface area contributed by atoms with Gasteiger partial charge >= 0.3 is 0 Å². The molecule has 1 heterocycles. The Morgan fingerprint density at radius 1 is 1.03 bits per heavy atom. The van der Waals surface area contributed by atoms with E-state index in [1.807, 2.05) is 42.5 Å². The van der Waals surface area contributed by atoms with Crippen LogP contribution < -0.4 is 4.74 Å². The number of benzene rings is 3. The Bertz CT molecular complexity index is 1190. The third kappa shape index (κ3) is 5.31. The van der Waals surface area contributed by atoms with Gasteiger partial charge in [0.2, 0.25) is 0 Å². The van der Waals surface area contributed by atoms with Crippen molar-refractivity contribution in [2.75, 3.05) is 0 Å². The van der Waals surface area contributed by atoms with Gasteiger partial charge in [-0.3, -0.25) is 9.69 Å². The zero-order chi connectivity index (χ0) is 22.7. The molecular formula is C24H16Br2FNO2S2. The average Bonchev–Trinajstić information content (AvgIpc) is 3.02. The highest BCUT2D eigenvalue weighted by Crippen LogP contribution is 2.38. The molecule has 0 spiro atoms. The number of hydrogen-bond acceptors (Lipinski definition) is 4. The Hall–Kier alpha value is -2.00. The molecule has 1 fully saturated rings. The molecule has 3 aromatic carbocycles. The fourth-order valence-electron chi connectivity index (χ4n) is 3.12. The number of thioether (sulfide) groups is 1. The zero-order valence-electron chi connectivity index (χ0n) is 16.6. The van der Waals surface area contributed by atoms with Crippen LogP contribution in [0.1, 0.15) is 16.7 Å². The van der Waals surface area contributed by atoms with E-state index in [4.69, 9.17) is 17.0 Å². The molecular weight excluding hydrogens is 577 g/mol. The molecule has 1 saturated heterocycles. The first-order valence-electron chi connectivity index (χ1n) is 9.57. The third-order valence-corrected chi connectivity index (χ3v) is 7.26. The Morgan fingerprint density at radius 2 is 1.69 bits per heavy atom. The molecule has 0 aliphatic carbocycles. The number of rotatable bonds is 6. The predicted octanol–water partition coefficient (Wildman–Crippen LogP) is 7.33. The number of carbonyl (C=O) groups is 1. The van der Waals surface area contributed by atoms with Gasteiger partial charge < -0.3 is 4.74 Å². The lowest BCUT2D eigenvalue weighted by Gasteiger charge is -2.14. The second kappa shape index (κ2) is 10.3. The van der Waals surface area contributed by atoms with Crippen LogP contribution in [0.4, 0.5) is 4.39 Å². The van der Waals surface area contributed by atoms with Gasteiger partial charge in [-0.25, -0.2) is 4.39 Å². The van der Waals surface area contributed by atoms with E-state index in [0.29, 0.717) is 36.0 Å². The Labute approximate surface area is 211 Å². The maximum absolute atomic E-state index is 13.9. The van der Waals surface area contributed by atoms with Gasteiger partial charge in [0, 0.05) is 5.56 Å². The first kappa shape index (κ1) is 23.2. The molecule has 0 aromatic heterocycles. The molecule has 0 N–H and O–H groups in total. The summed E-state index contributed by atoms with van der Waals surface area (Å²) >= 11 is 13.8. The fourth-order valence-corrected chi connectivity index (χ4v) is 5.83. The molecule has 1 amide bonds. The van der Waals surface area contributed by atoms with E-state index in [1.165, 1.54) is 17.8 Å². The Balaban J connectivity index is 1.51. The summed E-state index contributed by atoms with van der Waals surface area (Å²) in [5, 5.41) is 0. The molecule has 0 bridgehead atoms. The monoisotopic (exact) mass is 591 g/mol. The van der Waals surface area contributed by atoms with Crippen molar-refractivity contribution < 1.29 is 13.9 Å². The van der Waals surface area contributed by atoms with E-state index < -0.39 is 0 Å². The van der Waals surface area contributed by atoms with Crippen LogP contribution in [-0.2, 0) is 17.9 Å². The Morgan fingerprint density at radius 3 is 2.38 bits per heavy atom. The van der Waals surface area contributed by atoms with Crippen molar-refractivity contribution in [3.63, 3.8) is 0 Å². The van der Waals surface area contributed by atoms with E-state index in [2.05, 4.69) is 31.9 Å². The minimum Gasteiger partial charge on any atom is -0.486 e. The first-order chi connectivity index (χ1) is 15.4. The highest BCUT2D eigenvalue weighted by Gasteiger charge is 2.32. The van der Waals surface area contributed by atoms with Crippen molar-refractivity contribution in [3.8, 4) is 5.75 Å². The summed E-state index contributed by atoms with van der Waals surface area (Å²) in [5.41, 5.74) is 2.30. The number of ether oxygens (including phenoxy) is 1. The molecule has 3 nitrogen and oxygen atoms in total. The minimum atomic E-state index is -0.311. The summed E-state index contributed by atoms with van der Waals surface area (Å²) < 4.78 is 21.6. The molecule has 0 radical (unpaired) electrons. The SMILES string of the molecule is O=C1/C(=C\c2cc(Br)c(OCc3ccccc3F)c(Br)c2)SC(=S)N1Cc1ccccc1. The lowest BCUT2D eigenvalue weighted by molar-refractivity contribution is -0.122. The van der Waals surface area contributed by atoms with Crippen molar-refractivity contribution in [1.29, 1.82) is 0 Å². The quantitative estimate of drug-likeness (QED) is 0.221. The van der Waals surface area contributed by atoms with Crippen LogP contribution in [0.15, 0.2) is 80.6 Å². The maximum Gasteiger partial charge on any atom is 0.266 e. The van der Waals surface area contributed by atoms with Gasteiger partial charge in [-0.05, 0) is 67.3 Å². The average molecular weight is 593 g/mol. The topological polar surface area (TPSA) is 29.5 Å². The van der Waals surface area contributed by atoms with Crippen LogP contribution in [-0.4, -0.2) is 15.1 Å². The van der Waals surface area contributed by atoms with Gasteiger partial charge in [0.15, 0.2) is 0 Å². The van der Waals surface area contributed by atoms with E-state index in [-0.39, 0.29) is 18.3 Å². The summed E-state index contributed by atoms with van der Waals surface area (Å²) in [7, 11) is 0. The van der Waals surface area contributed by atoms with Crippen LogP contribution in [0, 0.1) is 5.82 Å². The first-order valence-corrected chi connectivity index (χ1v) is 12.4. The van der Waals surface area contributed by atoms with Crippen LogP contribution in [0.2, 0.25) is 0 Å². The fraction of sp³-hybridized carbons (Fsp3) is 0.0833. The lowest BCUT2D eigenvalue weighted by Crippen LogP contribution is -2.27. The van der Waals surface area contributed by atoms with Crippen molar-refractivity contribution in [2.24, 2.45) is 0 Å². The molecule has 1 aliphatic rings. The van der Waals surface area contributed by atoms with Crippen molar-refractivity contribution in [1.82, 2.24) is 4.90 Å². The third-order valence-electron chi connectivity index (χ3n) is 4.71. The molecule has 1 aliphatic heterocycles. The van der Waals surface area contributed by atoms with E-state index in [0.717, 1.165) is 11.1 Å². The number of carbonyl (C=O) groups excluding carboxylic acids is 1. The minimum absolute atomic E-state index is 0.0986. The number of hydrogen-bond donors (Lipinski definition) is 0. The van der Waals surface area contributed by atoms with Crippen molar-refractivity contribution >= 4 is 72.1 Å². The van der Waals surface area contributed by atoms with Gasteiger partial charge in [-0.1, -0.05) is 72.5 Å². The molecule has 0 unspecified atom stereocenters. The second-order valence-corrected chi connectivity index (χ2v) is 10.3. The summed E-state index contributed by atoms with van der Waals surface area (Å²) in [4.78, 5) is 15.1. The summed E-state index contributed by atoms with van der Waals surface area (Å²) in [6.45, 7) is 0.542. The number of halogens is 3. The van der Waals surface area contributed by atoms with Crippen molar-refractivity contribution in [3.05, 3.63) is 103 Å². The zero-order valence-corrected chi connectivity index (χ0v) is 21.4. The summed E-state index contributed by atoms with van der Waals surface area (Å²) in [6.07, 6.45) is 1.81. The second-order valence-electron chi connectivity index (χ2n) is 6.95. The van der Waals surface area contributed by atoms with E-state index in [9.17, 15) is 9.18 Å². The van der Waals surface area contributed by atoms with Gasteiger partial charge in [-0.15, -0.1) is 0 Å². The maximum atomic E-state index is 13.9. The Kier molecular flexibility index (Phi) is 7.45. The number of nitrogens with zero attached hydrogens (tertiary/aromatic N) is 1. The van der Waals surface area contributed by atoms with Gasteiger partial charge in [0.25, 0.3) is 5.91 Å². The van der Waals surface area contributed by atoms with Gasteiger partial charge in [-0.2, -0.15) is 0 Å². The standard InChI is InChI=1S/C24H16Br2FNO2S2/c25-18-10-16(11-19(26)22(18)30-14-17-8-4-5-9-20(17)27)12-21-23(29)28(24(31)32-21)13-15-6-2-1-3-7-15/h1-12H,13-14H2/b21-12+. The van der Waals surface area contributed by atoms with Crippen molar-refractivity contribution in [2.45, 2.75) is 13.2 Å². The smallest absolute Gasteiger partial charge is 0.266 e. The molecule has 0 atom stereocenters. The molecule has 8 heteroatoms. The van der Waals surface area contributed by atoms with Crippen LogP contribution in [0.25, 0.3) is 6.08 Å². The van der Waals surface area contributed by atoms with Gasteiger partial charge in [0.1, 0.15) is 22.5 Å². The molecule has 4 rings (SSSR count). The highest BCUT2D eigenvalue weighted by atomic mass is 79.9. The number of thiocarbonyl (C=S) groups is 1. The predicted molar refractivity (Wildman–Crippen MR) is 138 cm³/mol. The molecule has 162 valence electrons. The highest BCUT2D eigenvalue weighted by molar-refractivity contribution is 9.11. The van der Waals surface area contributed by atoms with Crippen LogP contribution in [0.3, 0.4) is 0 Å². The lowest BCUT2D eigenvalue weighted by atomic mass is 10.2. The van der Waals surface area contributed by atoms with Gasteiger partial charge in [0.05, 0.1) is 20.4 Å². The summed E-state index contributed by atoms with van der Waals surface area (Å²) in [6, 6.07) is 20.0. The number of amides is 1. The molecule has 32 heavy (non-hydrogen) atoms. The van der Waals surface area contributed by atoms with Crippen LogP contribution >= 0.6 is 55.8 Å². The molecule has 3 aromatic rings. The largest absolute Gasteiger partial charge is 0.486 e. The van der Waals surface area contributed by atoms with Crippen LogP contribution in [0.5, 0.6) is 5.75 Å².